The van der Waals surface area contributed by atoms with Crippen LogP contribution in [-0.4, -0.2) is 35.8 Å². The van der Waals surface area contributed by atoms with E-state index in [4.69, 9.17) is 9.47 Å². The molecule has 2 heterocycles. The predicted molar refractivity (Wildman–Crippen MR) is 86.7 cm³/mol. The molecule has 0 fully saturated rings. The minimum atomic E-state index is -0.561. The SMILES string of the molecule is CCOC(=O)c1cnc2c(c1)CCCCN2C(=O)OC(C)(C)C. The van der Waals surface area contributed by atoms with E-state index in [1.807, 2.05) is 20.8 Å². The maximum Gasteiger partial charge on any atom is 0.416 e. The van der Waals surface area contributed by atoms with Crippen LogP contribution in [0, 0.1) is 0 Å². The molecule has 0 atom stereocenters. The van der Waals surface area contributed by atoms with E-state index >= 15 is 0 Å². The third-order valence-corrected chi connectivity index (χ3v) is 3.40. The van der Waals surface area contributed by atoms with E-state index in [9.17, 15) is 9.59 Å². The summed E-state index contributed by atoms with van der Waals surface area (Å²) in [6.45, 7) is 8.15. The summed E-state index contributed by atoms with van der Waals surface area (Å²) >= 11 is 0. The van der Waals surface area contributed by atoms with Crippen LogP contribution in [0.2, 0.25) is 0 Å². The fourth-order valence-corrected chi connectivity index (χ4v) is 2.44. The van der Waals surface area contributed by atoms with Crippen molar-refractivity contribution in [3.63, 3.8) is 0 Å². The van der Waals surface area contributed by atoms with Crippen molar-refractivity contribution in [2.75, 3.05) is 18.1 Å². The lowest BCUT2D eigenvalue weighted by Gasteiger charge is -2.26. The standard InChI is InChI=1S/C17H24N2O4/c1-5-22-15(20)13-10-12-8-6-7-9-19(14(12)18-11-13)16(21)23-17(2,3)4/h10-11H,5-9H2,1-4H3. The first-order chi connectivity index (χ1) is 10.8. The largest absolute Gasteiger partial charge is 0.462 e. The molecule has 23 heavy (non-hydrogen) atoms. The summed E-state index contributed by atoms with van der Waals surface area (Å²) in [5, 5.41) is 0. The number of nitrogens with zero attached hydrogens (tertiary/aromatic N) is 2. The van der Waals surface area contributed by atoms with Gasteiger partial charge in [0, 0.05) is 12.7 Å². The van der Waals surface area contributed by atoms with Gasteiger partial charge in [-0.15, -0.1) is 0 Å². The summed E-state index contributed by atoms with van der Waals surface area (Å²) in [5.41, 5.74) is 0.726. The van der Waals surface area contributed by atoms with E-state index in [0.717, 1.165) is 24.8 Å². The van der Waals surface area contributed by atoms with E-state index in [0.29, 0.717) is 24.5 Å². The maximum atomic E-state index is 12.4. The number of aryl methyl sites for hydroxylation is 1. The molecule has 0 radical (unpaired) electrons. The van der Waals surface area contributed by atoms with Gasteiger partial charge in [-0.05, 0) is 58.6 Å². The number of ether oxygens (including phenoxy) is 2. The van der Waals surface area contributed by atoms with Crippen LogP contribution >= 0.6 is 0 Å². The lowest BCUT2D eigenvalue weighted by molar-refractivity contribution is 0.0525. The molecule has 0 unspecified atom stereocenters. The first-order valence-electron chi connectivity index (χ1n) is 7.98. The van der Waals surface area contributed by atoms with Crippen molar-refractivity contribution >= 4 is 17.9 Å². The van der Waals surface area contributed by atoms with E-state index in [1.165, 1.54) is 6.20 Å². The van der Waals surface area contributed by atoms with Crippen LogP contribution in [0.4, 0.5) is 10.6 Å². The number of carbonyl (C=O) groups excluding carboxylic acids is 2. The van der Waals surface area contributed by atoms with Crippen LogP contribution in [-0.2, 0) is 15.9 Å². The molecule has 6 heteroatoms. The third-order valence-electron chi connectivity index (χ3n) is 3.40. The highest BCUT2D eigenvalue weighted by molar-refractivity contribution is 5.91. The van der Waals surface area contributed by atoms with Crippen LogP contribution in [0.5, 0.6) is 0 Å². The molecular weight excluding hydrogens is 296 g/mol. The van der Waals surface area contributed by atoms with E-state index in [-0.39, 0.29) is 0 Å². The van der Waals surface area contributed by atoms with Crippen molar-refractivity contribution in [1.82, 2.24) is 4.98 Å². The van der Waals surface area contributed by atoms with Gasteiger partial charge in [0.1, 0.15) is 11.4 Å². The van der Waals surface area contributed by atoms with Crippen molar-refractivity contribution in [3.8, 4) is 0 Å². The van der Waals surface area contributed by atoms with Crippen LogP contribution in [0.3, 0.4) is 0 Å². The van der Waals surface area contributed by atoms with Crippen LogP contribution in [0.15, 0.2) is 12.3 Å². The number of pyridine rings is 1. The van der Waals surface area contributed by atoms with E-state index in [2.05, 4.69) is 4.98 Å². The van der Waals surface area contributed by atoms with Gasteiger partial charge in [-0.2, -0.15) is 0 Å². The molecule has 0 aliphatic carbocycles. The molecular formula is C17H24N2O4. The molecule has 1 aliphatic rings. The number of hydrogen-bond acceptors (Lipinski definition) is 5. The zero-order chi connectivity index (χ0) is 17.0. The van der Waals surface area contributed by atoms with Gasteiger partial charge in [-0.25, -0.2) is 14.6 Å². The average Bonchev–Trinajstić information content (AvgIpc) is 2.67. The Labute approximate surface area is 136 Å². The molecule has 0 saturated heterocycles. The van der Waals surface area contributed by atoms with Crippen LogP contribution in [0.25, 0.3) is 0 Å². The number of anilines is 1. The first-order valence-corrected chi connectivity index (χ1v) is 7.98. The highest BCUT2D eigenvalue weighted by Gasteiger charge is 2.28. The van der Waals surface area contributed by atoms with Crippen molar-refractivity contribution in [3.05, 3.63) is 23.4 Å². The van der Waals surface area contributed by atoms with Gasteiger partial charge in [0.2, 0.25) is 0 Å². The molecule has 0 spiro atoms. The number of rotatable bonds is 2. The van der Waals surface area contributed by atoms with Crippen LogP contribution < -0.4 is 4.90 Å². The predicted octanol–water partition coefficient (Wildman–Crippen LogP) is 3.34. The zero-order valence-electron chi connectivity index (χ0n) is 14.2. The maximum absolute atomic E-state index is 12.4. The molecule has 6 nitrogen and oxygen atoms in total. The summed E-state index contributed by atoms with van der Waals surface area (Å²) in [4.78, 5) is 30.2. The van der Waals surface area contributed by atoms with Crippen molar-refractivity contribution in [2.45, 2.75) is 52.6 Å². The second kappa shape index (κ2) is 6.98. The number of esters is 1. The van der Waals surface area contributed by atoms with E-state index < -0.39 is 17.7 Å². The smallest absolute Gasteiger partial charge is 0.416 e. The Kier molecular flexibility index (Phi) is 5.23. The van der Waals surface area contributed by atoms with Gasteiger partial charge in [-0.3, -0.25) is 4.90 Å². The molecule has 2 rings (SSSR count). The summed E-state index contributed by atoms with van der Waals surface area (Å²) in [5.74, 6) is 0.181. The summed E-state index contributed by atoms with van der Waals surface area (Å²) in [6, 6.07) is 1.77. The molecule has 1 aromatic rings. The molecule has 1 aromatic heterocycles. The normalized spacial score (nSPS) is 14.7. The molecule has 0 aromatic carbocycles. The van der Waals surface area contributed by atoms with Crippen molar-refractivity contribution < 1.29 is 19.1 Å². The highest BCUT2D eigenvalue weighted by atomic mass is 16.6. The zero-order valence-corrected chi connectivity index (χ0v) is 14.2. The van der Waals surface area contributed by atoms with Gasteiger partial charge in [-0.1, -0.05) is 0 Å². The molecule has 126 valence electrons. The fraction of sp³-hybridized carbons (Fsp3) is 0.588. The number of hydrogen-bond donors (Lipinski definition) is 0. The second-order valence-electron chi connectivity index (χ2n) is 6.52. The Morgan fingerprint density at radius 1 is 1.30 bits per heavy atom. The lowest BCUT2D eigenvalue weighted by atomic mass is 10.1. The van der Waals surface area contributed by atoms with Gasteiger partial charge in [0.25, 0.3) is 0 Å². The Hall–Kier alpha value is -2.11. The van der Waals surface area contributed by atoms with Gasteiger partial charge in [0.05, 0.1) is 12.2 Å². The van der Waals surface area contributed by atoms with Gasteiger partial charge >= 0.3 is 12.1 Å². The topological polar surface area (TPSA) is 68.7 Å². The second-order valence-corrected chi connectivity index (χ2v) is 6.52. The highest BCUT2D eigenvalue weighted by Crippen LogP contribution is 2.26. The minimum Gasteiger partial charge on any atom is -0.462 e. The number of carbonyl (C=O) groups is 2. The summed E-state index contributed by atoms with van der Waals surface area (Å²) in [7, 11) is 0. The van der Waals surface area contributed by atoms with Crippen molar-refractivity contribution in [2.24, 2.45) is 0 Å². The molecule has 0 bridgehead atoms. The Bertz CT molecular complexity index is 593. The third kappa shape index (κ3) is 4.43. The summed E-state index contributed by atoms with van der Waals surface area (Å²) < 4.78 is 10.5. The average molecular weight is 320 g/mol. The Balaban J connectivity index is 2.30. The number of fused-ring (bicyclic) bond motifs is 1. The monoisotopic (exact) mass is 320 g/mol. The number of aromatic nitrogens is 1. The fourth-order valence-electron chi connectivity index (χ4n) is 2.44. The van der Waals surface area contributed by atoms with E-state index in [1.54, 1.807) is 17.9 Å². The molecule has 1 amide bonds. The summed E-state index contributed by atoms with van der Waals surface area (Å²) in [6.07, 6.45) is 3.62. The van der Waals surface area contributed by atoms with Gasteiger partial charge in [0.15, 0.2) is 0 Å². The molecule has 0 saturated carbocycles. The quantitative estimate of drug-likeness (QED) is 0.782. The van der Waals surface area contributed by atoms with Gasteiger partial charge < -0.3 is 9.47 Å². The van der Waals surface area contributed by atoms with Crippen LogP contribution in [0.1, 0.15) is 56.5 Å². The lowest BCUT2D eigenvalue weighted by Crippen LogP contribution is -2.38. The first kappa shape index (κ1) is 17.2. The van der Waals surface area contributed by atoms with Crippen molar-refractivity contribution in [1.29, 1.82) is 0 Å². The Morgan fingerprint density at radius 2 is 2.04 bits per heavy atom. The molecule has 0 N–H and O–H groups in total. The Morgan fingerprint density at radius 3 is 2.70 bits per heavy atom. The molecule has 1 aliphatic heterocycles. The minimum absolute atomic E-state index is 0.319. The number of amides is 1.